The SMILES string of the molecule is Cc1ccc2occ(/C=C/C(=O)Nc3ccc(N4CCOCC4)cc3)c(=O)c2c1. The second-order valence-corrected chi connectivity index (χ2v) is 6.99. The van der Waals surface area contributed by atoms with E-state index in [2.05, 4.69) is 10.2 Å². The van der Waals surface area contributed by atoms with Crippen LogP contribution in [0.15, 0.2) is 64.0 Å². The van der Waals surface area contributed by atoms with E-state index in [1.54, 1.807) is 12.1 Å². The molecule has 1 aliphatic rings. The number of morpholine rings is 1. The van der Waals surface area contributed by atoms with Gasteiger partial charge in [0.05, 0.1) is 24.2 Å². The molecule has 2 aromatic carbocycles. The number of amides is 1. The zero-order valence-electron chi connectivity index (χ0n) is 16.2. The average molecular weight is 390 g/mol. The molecule has 3 aromatic rings. The first-order valence-corrected chi connectivity index (χ1v) is 9.54. The third-order valence-corrected chi connectivity index (χ3v) is 4.88. The Morgan fingerprint density at radius 3 is 2.62 bits per heavy atom. The Morgan fingerprint density at radius 2 is 1.86 bits per heavy atom. The number of aryl methyl sites for hydroxylation is 1. The standard InChI is InChI=1S/C23H22N2O4/c1-16-2-8-21-20(14-16)23(27)17(15-29-21)3-9-22(26)24-18-4-6-19(7-5-18)25-10-12-28-13-11-25/h2-9,14-15H,10-13H2,1H3,(H,24,26)/b9-3+. The molecule has 1 saturated heterocycles. The molecule has 0 aliphatic carbocycles. The van der Waals surface area contributed by atoms with E-state index in [1.165, 1.54) is 18.4 Å². The molecule has 29 heavy (non-hydrogen) atoms. The van der Waals surface area contributed by atoms with E-state index >= 15 is 0 Å². The monoisotopic (exact) mass is 390 g/mol. The third kappa shape index (κ3) is 4.38. The minimum atomic E-state index is -0.312. The van der Waals surface area contributed by atoms with Gasteiger partial charge in [-0.2, -0.15) is 0 Å². The lowest BCUT2D eigenvalue weighted by molar-refractivity contribution is -0.111. The summed E-state index contributed by atoms with van der Waals surface area (Å²) in [7, 11) is 0. The van der Waals surface area contributed by atoms with E-state index < -0.39 is 0 Å². The molecular weight excluding hydrogens is 368 g/mol. The molecule has 0 atom stereocenters. The van der Waals surface area contributed by atoms with Crippen molar-refractivity contribution in [2.24, 2.45) is 0 Å². The molecule has 4 rings (SSSR count). The second kappa shape index (κ2) is 8.32. The lowest BCUT2D eigenvalue weighted by Gasteiger charge is -2.28. The van der Waals surface area contributed by atoms with Crippen LogP contribution in [-0.2, 0) is 9.53 Å². The van der Waals surface area contributed by atoms with E-state index in [-0.39, 0.29) is 11.3 Å². The van der Waals surface area contributed by atoms with Crippen molar-refractivity contribution in [2.75, 3.05) is 36.5 Å². The van der Waals surface area contributed by atoms with Gasteiger partial charge in [-0.1, -0.05) is 11.6 Å². The van der Waals surface area contributed by atoms with Crippen LogP contribution in [0.25, 0.3) is 17.0 Å². The Bertz CT molecular complexity index is 1110. The fraction of sp³-hybridized carbons (Fsp3) is 0.217. The molecular formula is C23H22N2O4. The average Bonchev–Trinajstić information content (AvgIpc) is 2.75. The van der Waals surface area contributed by atoms with Crippen molar-refractivity contribution < 1.29 is 13.9 Å². The first-order valence-electron chi connectivity index (χ1n) is 9.54. The van der Waals surface area contributed by atoms with Gasteiger partial charge in [0, 0.05) is 30.5 Å². The number of carbonyl (C=O) groups excluding carboxylic acids is 1. The van der Waals surface area contributed by atoms with Crippen molar-refractivity contribution in [3.8, 4) is 0 Å². The van der Waals surface area contributed by atoms with Crippen molar-refractivity contribution in [3.63, 3.8) is 0 Å². The number of carbonyl (C=O) groups is 1. The van der Waals surface area contributed by atoms with Gasteiger partial charge in [-0.05, 0) is 49.4 Å². The van der Waals surface area contributed by atoms with Crippen molar-refractivity contribution in [2.45, 2.75) is 6.92 Å². The number of hydrogen-bond donors (Lipinski definition) is 1. The normalized spacial score (nSPS) is 14.4. The lowest BCUT2D eigenvalue weighted by Crippen LogP contribution is -2.36. The number of hydrogen-bond acceptors (Lipinski definition) is 5. The Balaban J connectivity index is 1.44. The third-order valence-electron chi connectivity index (χ3n) is 4.88. The van der Waals surface area contributed by atoms with E-state index in [9.17, 15) is 9.59 Å². The van der Waals surface area contributed by atoms with Crippen LogP contribution >= 0.6 is 0 Å². The Labute approximate surface area is 168 Å². The van der Waals surface area contributed by atoms with Crippen LogP contribution in [-0.4, -0.2) is 32.2 Å². The molecule has 1 fully saturated rings. The van der Waals surface area contributed by atoms with Gasteiger partial charge < -0.3 is 19.4 Å². The van der Waals surface area contributed by atoms with Gasteiger partial charge in [-0.3, -0.25) is 9.59 Å². The molecule has 1 amide bonds. The fourth-order valence-corrected chi connectivity index (χ4v) is 3.30. The summed E-state index contributed by atoms with van der Waals surface area (Å²) in [6.45, 7) is 5.10. The number of ether oxygens (including phenoxy) is 1. The van der Waals surface area contributed by atoms with Crippen LogP contribution in [0.2, 0.25) is 0 Å². The quantitative estimate of drug-likeness (QED) is 0.690. The van der Waals surface area contributed by atoms with E-state index in [1.807, 2.05) is 37.3 Å². The summed E-state index contributed by atoms with van der Waals surface area (Å²) in [5.74, 6) is -0.312. The number of fused-ring (bicyclic) bond motifs is 1. The predicted molar refractivity (Wildman–Crippen MR) is 114 cm³/mol. The maximum absolute atomic E-state index is 12.6. The molecule has 0 radical (unpaired) electrons. The summed E-state index contributed by atoms with van der Waals surface area (Å²) in [4.78, 5) is 27.1. The van der Waals surface area contributed by atoms with Crippen molar-refractivity contribution in [3.05, 3.63) is 76.2 Å². The molecule has 6 heteroatoms. The Kier molecular flexibility index (Phi) is 5.44. The van der Waals surface area contributed by atoms with E-state index in [0.717, 1.165) is 37.6 Å². The summed E-state index contributed by atoms with van der Waals surface area (Å²) < 4.78 is 10.9. The maximum atomic E-state index is 12.6. The first-order chi connectivity index (χ1) is 14.1. The number of rotatable bonds is 4. The predicted octanol–water partition coefficient (Wildman–Crippen LogP) is 3.59. The fourth-order valence-electron chi connectivity index (χ4n) is 3.30. The molecule has 148 valence electrons. The van der Waals surface area contributed by atoms with Crippen LogP contribution < -0.4 is 15.6 Å². The van der Waals surface area contributed by atoms with Gasteiger partial charge in [0.25, 0.3) is 0 Å². The van der Waals surface area contributed by atoms with Crippen molar-refractivity contribution in [1.82, 2.24) is 0 Å². The van der Waals surface area contributed by atoms with E-state index in [0.29, 0.717) is 22.2 Å². The number of anilines is 2. The highest BCUT2D eigenvalue weighted by Crippen LogP contribution is 2.19. The van der Waals surface area contributed by atoms with Crippen LogP contribution in [0.5, 0.6) is 0 Å². The van der Waals surface area contributed by atoms with Gasteiger partial charge in [-0.25, -0.2) is 0 Å². The zero-order valence-corrected chi connectivity index (χ0v) is 16.2. The second-order valence-electron chi connectivity index (χ2n) is 6.99. The molecule has 1 N–H and O–H groups in total. The molecule has 2 heterocycles. The van der Waals surface area contributed by atoms with Crippen LogP contribution in [0.4, 0.5) is 11.4 Å². The lowest BCUT2D eigenvalue weighted by atomic mass is 10.1. The molecule has 6 nitrogen and oxygen atoms in total. The highest BCUT2D eigenvalue weighted by molar-refractivity contribution is 6.02. The first kappa shape index (κ1) is 19.0. The largest absolute Gasteiger partial charge is 0.463 e. The molecule has 1 aliphatic heterocycles. The number of benzene rings is 2. The molecule has 0 unspecified atom stereocenters. The van der Waals surface area contributed by atoms with Gasteiger partial charge in [0.2, 0.25) is 5.91 Å². The zero-order chi connectivity index (χ0) is 20.2. The van der Waals surface area contributed by atoms with E-state index in [4.69, 9.17) is 9.15 Å². The minimum Gasteiger partial charge on any atom is -0.463 e. The molecule has 0 bridgehead atoms. The van der Waals surface area contributed by atoms with Gasteiger partial charge in [-0.15, -0.1) is 0 Å². The molecule has 0 saturated carbocycles. The number of nitrogens with zero attached hydrogens (tertiary/aromatic N) is 1. The smallest absolute Gasteiger partial charge is 0.248 e. The van der Waals surface area contributed by atoms with Crippen molar-refractivity contribution in [1.29, 1.82) is 0 Å². The van der Waals surface area contributed by atoms with Gasteiger partial charge in [0.1, 0.15) is 11.8 Å². The van der Waals surface area contributed by atoms with Crippen LogP contribution in [0.3, 0.4) is 0 Å². The molecule has 1 aromatic heterocycles. The molecule has 0 spiro atoms. The summed E-state index contributed by atoms with van der Waals surface area (Å²) in [6.07, 6.45) is 4.19. The topological polar surface area (TPSA) is 71.8 Å². The highest BCUT2D eigenvalue weighted by atomic mass is 16.5. The van der Waals surface area contributed by atoms with Crippen molar-refractivity contribution >= 4 is 34.3 Å². The summed E-state index contributed by atoms with van der Waals surface area (Å²) >= 11 is 0. The minimum absolute atomic E-state index is 0.158. The van der Waals surface area contributed by atoms with Crippen LogP contribution in [0.1, 0.15) is 11.1 Å². The Hall–Kier alpha value is -3.38. The highest BCUT2D eigenvalue weighted by Gasteiger charge is 2.11. The maximum Gasteiger partial charge on any atom is 0.248 e. The van der Waals surface area contributed by atoms with Gasteiger partial charge in [0.15, 0.2) is 5.43 Å². The van der Waals surface area contributed by atoms with Crippen LogP contribution in [0, 0.1) is 6.92 Å². The summed E-state index contributed by atoms with van der Waals surface area (Å²) in [5.41, 5.74) is 3.48. The van der Waals surface area contributed by atoms with Gasteiger partial charge >= 0.3 is 0 Å². The number of nitrogens with one attached hydrogen (secondary N) is 1. The summed E-state index contributed by atoms with van der Waals surface area (Å²) in [6, 6.07) is 13.1. The summed E-state index contributed by atoms with van der Waals surface area (Å²) in [5, 5.41) is 3.31. The Morgan fingerprint density at radius 1 is 1.10 bits per heavy atom.